The summed E-state index contributed by atoms with van der Waals surface area (Å²) in [6.07, 6.45) is 0. The van der Waals surface area contributed by atoms with Crippen LogP contribution in [0.2, 0.25) is 0 Å². The topological polar surface area (TPSA) is 83.0 Å². The molecule has 0 radical (unpaired) electrons. The molecule has 0 saturated heterocycles. The van der Waals surface area contributed by atoms with E-state index in [0.717, 1.165) is 121 Å². The maximum absolute atomic E-state index is 6.97. The van der Waals surface area contributed by atoms with Gasteiger partial charge >= 0.3 is 0 Å². The lowest BCUT2D eigenvalue weighted by Crippen LogP contribution is -2.00. The minimum absolute atomic E-state index is 0.543. The van der Waals surface area contributed by atoms with Gasteiger partial charge in [0, 0.05) is 76.6 Å². The van der Waals surface area contributed by atoms with Gasteiger partial charge in [-0.2, -0.15) is 0 Å². The first-order valence-corrected chi connectivity index (χ1v) is 23.4. The lowest BCUT2D eigenvalue weighted by Gasteiger charge is -2.13. The molecule has 15 aromatic rings. The zero-order chi connectivity index (χ0) is 45.9. The average Bonchev–Trinajstić information content (AvgIpc) is 4.20. The molecule has 0 aliphatic rings. The van der Waals surface area contributed by atoms with Gasteiger partial charge in [-0.3, -0.25) is 0 Å². The first kappa shape index (κ1) is 38.5. The largest absolute Gasteiger partial charge is 0.456 e. The third kappa shape index (κ3) is 5.79. The van der Waals surface area contributed by atoms with E-state index in [1.807, 2.05) is 72.8 Å². The van der Waals surface area contributed by atoms with E-state index in [9.17, 15) is 0 Å². The van der Waals surface area contributed by atoms with E-state index in [4.69, 9.17) is 28.2 Å². The lowest BCUT2D eigenvalue weighted by atomic mass is 9.93. The Balaban J connectivity index is 0.932. The van der Waals surface area contributed by atoms with Crippen molar-refractivity contribution in [2.45, 2.75) is 0 Å². The first-order chi connectivity index (χ1) is 34.7. The van der Waals surface area contributed by atoms with E-state index >= 15 is 0 Å². The molecule has 0 bridgehead atoms. The van der Waals surface area contributed by atoms with Crippen LogP contribution >= 0.6 is 0 Å². The van der Waals surface area contributed by atoms with Crippen molar-refractivity contribution in [2.75, 3.05) is 0 Å². The number of fused-ring (bicyclic) bond motifs is 12. The number of rotatable bonds is 6. The van der Waals surface area contributed by atoms with Gasteiger partial charge in [0.05, 0.1) is 11.0 Å². The maximum atomic E-state index is 6.97. The second kappa shape index (κ2) is 15.0. The van der Waals surface area contributed by atoms with Gasteiger partial charge in [0.2, 0.25) is 0 Å². The van der Waals surface area contributed by atoms with Crippen LogP contribution in [0.5, 0.6) is 0 Å². The Morgan fingerprint density at radius 1 is 0.300 bits per heavy atom. The normalized spacial score (nSPS) is 12.0. The third-order valence-electron chi connectivity index (χ3n) is 13.9. The fraction of sp³-hybridized carbons (Fsp3) is 0. The van der Waals surface area contributed by atoms with Gasteiger partial charge in [-0.05, 0) is 77.9 Å². The highest BCUT2D eigenvalue weighted by Crippen LogP contribution is 2.47. The van der Waals surface area contributed by atoms with E-state index < -0.39 is 0 Å². The molecule has 0 unspecified atom stereocenters. The quantitative estimate of drug-likeness (QED) is 0.165. The Kier molecular flexibility index (Phi) is 8.23. The summed E-state index contributed by atoms with van der Waals surface area (Å²) >= 11 is 0. The Morgan fingerprint density at radius 3 is 1.76 bits per heavy atom. The van der Waals surface area contributed by atoms with Crippen LogP contribution in [0.15, 0.2) is 232 Å². The molecule has 0 saturated carbocycles. The van der Waals surface area contributed by atoms with E-state index in [1.54, 1.807) is 0 Å². The number of hydrogen-bond donors (Lipinski definition) is 0. The fourth-order valence-electron chi connectivity index (χ4n) is 10.7. The molecule has 0 atom stereocenters. The molecular formula is C63H36N4O3. The molecule has 0 aliphatic heterocycles. The Labute approximate surface area is 399 Å². The van der Waals surface area contributed by atoms with Crippen molar-refractivity contribution in [1.29, 1.82) is 0 Å². The summed E-state index contributed by atoms with van der Waals surface area (Å²) in [7, 11) is 0. The molecule has 10 aromatic carbocycles. The lowest BCUT2D eigenvalue weighted by molar-refractivity contribution is 0.668. The first-order valence-electron chi connectivity index (χ1n) is 23.4. The van der Waals surface area contributed by atoms with E-state index in [2.05, 4.69) is 150 Å². The molecule has 0 fully saturated rings. The molecule has 0 spiro atoms. The van der Waals surface area contributed by atoms with Crippen LogP contribution in [0.4, 0.5) is 0 Å². The summed E-state index contributed by atoms with van der Waals surface area (Å²) in [6, 6.07) is 75.6. The number of para-hydroxylation sites is 5. The van der Waals surface area contributed by atoms with Crippen molar-refractivity contribution in [3.8, 4) is 62.1 Å². The molecule has 7 heteroatoms. The van der Waals surface area contributed by atoms with Crippen LogP contribution in [0, 0.1) is 0 Å². The molecule has 5 heterocycles. The smallest absolute Gasteiger partial charge is 0.164 e. The van der Waals surface area contributed by atoms with Crippen LogP contribution in [0.3, 0.4) is 0 Å². The molecule has 0 N–H and O–H groups in total. The Bertz CT molecular complexity index is 4600. The SMILES string of the molecule is c1ccc(-c2nc(-c3ccc4c(c3)oc3ccccc34)nc(-c3cccc4oc5ccc(-c6ccc(-c7cccc8c9ccccc9n(-c9ccccc9)c78)c7oc8ccccc8c67)cc5c34)n2)cc1. The molecule has 7 nitrogen and oxygen atoms in total. The van der Waals surface area contributed by atoms with E-state index in [1.165, 1.54) is 10.8 Å². The van der Waals surface area contributed by atoms with E-state index in [0.29, 0.717) is 17.5 Å². The Morgan fingerprint density at radius 2 is 0.900 bits per heavy atom. The highest BCUT2D eigenvalue weighted by Gasteiger charge is 2.24. The summed E-state index contributed by atoms with van der Waals surface area (Å²) in [5.41, 5.74) is 15.0. The standard InChI is InChI=1S/C63H36N4O3/c1-3-15-37(16-4-1)61-64-62(39-29-31-44-43-20-8-11-26-52(43)69-56(44)36-39)66-63(65-61)49-24-14-28-55-57(49)50-35-38(30-34-54(50)68-55)41-32-33-47(60-58(41)48-21-9-12-27-53(48)70-60)46-23-13-22-45-42-19-7-10-25-51(42)67(59(45)46)40-17-5-2-6-18-40/h1-36H. The van der Waals surface area contributed by atoms with Crippen LogP contribution in [-0.2, 0) is 0 Å². The van der Waals surface area contributed by atoms with Crippen LogP contribution in [0.25, 0.3) is 150 Å². The number of hydrogen-bond acceptors (Lipinski definition) is 6. The zero-order valence-electron chi connectivity index (χ0n) is 37.3. The minimum Gasteiger partial charge on any atom is -0.456 e. The minimum atomic E-state index is 0.543. The van der Waals surface area contributed by atoms with Gasteiger partial charge in [0.1, 0.15) is 33.5 Å². The van der Waals surface area contributed by atoms with Gasteiger partial charge in [-0.15, -0.1) is 0 Å². The number of aromatic nitrogens is 4. The summed E-state index contributed by atoms with van der Waals surface area (Å²) in [6.45, 7) is 0. The predicted octanol–water partition coefficient (Wildman–Crippen LogP) is 17.0. The second-order valence-electron chi connectivity index (χ2n) is 17.8. The molecule has 15 rings (SSSR count). The van der Waals surface area contributed by atoms with Gasteiger partial charge in [0.15, 0.2) is 17.5 Å². The maximum Gasteiger partial charge on any atom is 0.164 e. The summed E-state index contributed by atoms with van der Waals surface area (Å²) in [5.74, 6) is 1.66. The summed E-state index contributed by atoms with van der Waals surface area (Å²) in [5, 5.41) is 8.49. The highest BCUT2D eigenvalue weighted by molar-refractivity contribution is 6.21. The second-order valence-corrected chi connectivity index (χ2v) is 17.8. The number of furan rings is 3. The number of nitrogens with zero attached hydrogens (tertiary/aromatic N) is 4. The molecule has 326 valence electrons. The van der Waals surface area contributed by atoms with Crippen LogP contribution < -0.4 is 0 Å². The van der Waals surface area contributed by atoms with Crippen LogP contribution in [-0.4, -0.2) is 19.5 Å². The van der Waals surface area contributed by atoms with Crippen molar-refractivity contribution in [3.63, 3.8) is 0 Å². The van der Waals surface area contributed by atoms with Crippen molar-refractivity contribution in [3.05, 3.63) is 218 Å². The summed E-state index contributed by atoms with van der Waals surface area (Å²) in [4.78, 5) is 15.5. The fourth-order valence-corrected chi connectivity index (χ4v) is 10.7. The molecule has 70 heavy (non-hydrogen) atoms. The summed E-state index contributed by atoms with van der Waals surface area (Å²) < 4.78 is 22.3. The monoisotopic (exact) mass is 896 g/mol. The molecular weight excluding hydrogens is 861 g/mol. The highest BCUT2D eigenvalue weighted by atomic mass is 16.3. The average molecular weight is 897 g/mol. The van der Waals surface area contributed by atoms with Gasteiger partial charge < -0.3 is 17.8 Å². The van der Waals surface area contributed by atoms with Gasteiger partial charge in [-0.1, -0.05) is 152 Å². The zero-order valence-corrected chi connectivity index (χ0v) is 37.3. The van der Waals surface area contributed by atoms with Gasteiger partial charge in [-0.25, -0.2) is 15.0 Å². The molecule has 0 amide bonds. The van der Waals surface area contributed by atoms with Crippen molar-refractivity contribution in [1.82, 2.24) is 19.5 Å². The van der Waals surface area contributed by atoms with Crippen LogP contribution in [0.1, 0.15) is 0 Å². The van der Waals surface area contributed by atoms with Crippen molar-refractivity contribution >= 4 is 87.6 Å². The Hall–Kier alpha value is -9.59. The van der Waals surface area contributed by atoms with E-state index in [-0.39, 0.29) is 0 Å². The number of benzene rings is 10. The van der Waals surface area contributed by atoms with Crippen molar-refractivity contribution < 1.29 is 13.3 Å². The third-order valence-corrected chi connectivity index (χ3v) is 13.9. The molecule has 0 aliphatic carbocycles. The van der Waals surface area contributed by atoms with Crippen molar-refractivity contribution in [2.24, 2.45) is 0 Å². The van der Waals surface area contributed by atoms with Gasteiger partial charge in [0.25, 0.3) is 0 Å². The molecule has 5 aromatic heterocycles. The predicted molar refractivity (Wildman–Crippen MR) is 283 cm³/mol.